The number of carbonyl (C=O) groups is 1. The molecule has 0 saturated carbocycles. The van der Waals surface area contributed by atoms with Crippen LogP contribution in [0.15, 0.2) is 24.3 Å². The molecule has 16 heavy (non-hydrogen) atoms. The molecule has 1 rings (SSSR count). The maximum absolute atomic E-state index is 11.7. The van der Waals surface area contributed by atoms with Gasteiger partial charge in [0.05, 0.1) is 0 Å². The predicted molar refractivity (Wildman–Crippen MR) is 68.6 cm³/mol. The minimum atomic E-state index is 0.359. The molecule has 0 atom stereocenters. The zero-order chi connectivity index (χ0) is 12.0. The zero-order valence-corrected chi connectivity index (χ0v) is 10.6. The number of ketones is 1. The van der Waals surface area contributed by atoms with Crippen LogP contribution >= 0.6 is 0 Å². The fraction of sp³-hybridized carbons (Fsp3) is 0.533. The van der Waals surface area contributed by atoms with Crippen LogP contribution in [0.3, 0.4) is 0 Å². The zero-order valence-electron chi connectivity index (χ0n) is 10.6. The highest BCUT2D eigenvalue weighted by atomic mass is 16.1. The van der Waals surface area contributed by atoms with E-state index in [-0.39, 0.29) is 0 Å². The lowest BCUT2D eigenvalue weighted by Crippen LogP contribution is -2.04. The van der Waals surface area contributed by atoms with Crippen molar-refractivity contribution in [2.45, 2.75) is 46.5 Å². The third-order valence-corrected chi connectivity index (χ3v) is 2.83. The van der Waals surface area contributed by atoms with Gasteiger partial charge in [0.25, 0.3) is 0 Å². The van der Waals surface area contributed by atoms with Crippen molar-refractivity contribution in [1.82, 2.24) is 0 Å². The van der Waals surface area contributed by atoms with Crippen molar-refractivity contribution < 1.29 is 4.79 Å². The highest BCUT2D eigenvalue weighted by molar-refractivity contribution is 5.80. The van der Waals surface area contributed by atoms with Gasteiger partial charge >= 0.3 is 0 Å². The number of rotatable bonds is 6. The normalized spacial score (nSPS) is 10.8. The molecular weight excluding hydrogens is 196 g/mol. The highest BCUT2D eigenvalue weighted by Crippen LogP contribution is 2.09. The standard InChI is InChI=1S/C15H22O/c1-4-13-6-8-14(9-7-13)11-15(16)10-5-12(2)3/h6-9,12H,4-5,10-11H2,1-3H3. The molecule has 88 valence electrons. The summed E-state index contributed by atoms with van der Waals surface area (Å²) in [5, 5.41) is 0. The van der Waals surface area contributed by atoms with Gasteiger partial charge in [-0.05, 0) is 29.9 Å². The molecule has 0 saturated heterocycles. The topological polar surface area (TPSA) is 17.1 Å². The Morgan fingerprint density at radius 2 is 1.69 bits per heavy atom. The molecule has 1 nitrogen and oxygen atoms in total. The Labute approximate surface area is 98.9 Å². The monoisotopic (exact) mass is 218 g/mol. The number of Topliss-reactive ketones (excluding diaryl/α,β-unsaturated/α-hetero) is 1. The fourth-order valence-electron chi connectivity index (χ4n) is 1.66. The number of carbonyl (C=O) groups excluding carboxylic acids is 1. The van der Waals surface area contributed by atoms with E-state index in [0.717, 1.165) is 18.4 Å². The average molecular weight is 218 g/mol. The van der Waals surface area contributed by atoms with Gasteiger partial charge in [0.1, 0.15) is 5.78 Å². The summed E-state index contributed by atoms with van der Waals surface area (Å²) in [5.74, 6) is 0.976. The first-order chi connectivity index (χ1) is 7.61. The maximum Gasteiger partial charge on any atom is 0.137 e. The lowest BCUT2D eigenvalue weighted by Gasteiger charge is -2.04. The molecule has 0 N–H and O–H groups in total. The predicted octanol–water partition coefficient (Wildman–Crippen LogP) is 3.80. The van der Waals surface area contributed by atoms with Crippen LogP contribution < -0.4 is 0 Å². The lowest BCUT2D eigenvalue weighted by atomic mass is 10.0. The molecule has 0 spiro atoms. The van der Waals surface area contributed by atoms with Crippen LogP contribution in [0.5, 0.6) is 0 Å². The van der Waals surface area contributed by atoms with Gasteiger partial charge in [0.2, 0.25) is 0 Å². The molecule has 0 fully saturated rings. The second-order valence-electron chi connectivity index (χ2n) is 4.82. The average Bonchev–Trinajstić information content (AvgIpc) is 2.27. The van der Waals surface area contributed by atoms with E-state index in [9.17, 15) is 4.79 Å². The molecule has 0 unspecified atom stereocenters. The van der Waals surface area contributed by atoms with Crippen LogP contribution in [0.2, 0.25) is 0 Å². The molecule has 0 aliphatic carbocycles. The van der Waals surface area contributed by atoms with Crippen LogP contribution in [-0.4, -0.2) is 5.78 Å². The molecule has 1 aromatic rings. The molecule has 0 aliphatic heterocycles. The van der Waals surface area contributed by atoms with Crippen LogP contribution in [0.1, 0.15) is 44.7 Å². The van der Waals surface area contributed by atoms with Crippen molar-refractivity contribution >= 4 is 5.78 Å². The van der Waals surface area contributed by atoms with Crippen LogP contribution in [0.25, 0.3) is 0 Å². The fourth-order valence-corrected chi connectivity index (χ4v) is 1.66. The summed E-state index contributed by atoms with van der Waals surface area (Å²) in [6, 6.07) is 8.38. The summed E-state index contributed by atoms with van der Waals surface area (Å²) in [6.45, 7) is 6.45. The Balaban J connectivity index is 2.43. The summed E-state index contributed by atoms with van der Waals surface area (Å²) in [7, 11) is 0. The van der Waals surface area contributed by atoms with Gasteiger partial charge in [-0.1, -0.05) is 45.0 Å². The molecule has 0 amide bonds. The Bertz CT molecular complexity index is 322. The quantitative estimate of drug-likeness (QED) is 0.710. The van der Waals surface area contributed by atoms with E-state index in [1.807, 2.05) is 0 Å². The number of benzene rings is 1. The van der Waals surface area contributed by atoms with Crippen LogP contribution in [0.4, 0.5) is 0 Å². The summed E-state index contributed by atoms with van der Waals surface area (Å²) >= 11 is 0. The van der Waals surface area contributed by atoms with Crippen molar-refractivity contribution in [2.75, 3.05) is 0 Å². The summed E-state index contributed by atoms with van der Waals surface area (Å²) < 4.78 is 0. The summed E-state index contributed by atoms with van der Waals surface area (Å²) in [4.78, 5) is 11.7. The minimum absolute atomic E-state index is 0.359. The first-order valence-electron chi connectivity index (χ1n) is 6.21. The van der Waals surface area contributed by atoms with Crippen molar-refractivity contribution in [3.05, 3.63) is 35.4 Å². The third kappa shape index (κ3) is 4.61. The van der Waals surface area contributed by atoms with E-state index >= 15 is 0 Å². The van der Waals surface area contributed by atoms with Crippen molar-refractivity contribution in [2.24, 2.45) is 5.92 Å². The Kier molecular flexibility index (Phi) is 5.24. The molecule has 0 aliphatic rings. The molecule has 1 heteroatoms. The number of aryl methyl sites for hydroxylation is 1. The van der Waals surface area contributed by atoms with Gasteiger partial charge in [0.15, 0.2) is 0 Å². The van der Waals surface area contributed by atoms with Gasteiger partial charge < -0.3 is 0 Å². The molecule has 0 heterocycles. The minimum Gasteiger partial charge on any atom is -0.299 e. The Hall–Kier alpha value is -1.11. The van der Waals surface area contributed by atoms with E-state index in [0.29, 0.717) is 24.5 Å². The number of hydrogen-bond donors (Lipinski definition) is 0. The maximum atomic E-state index is 11.7. The van der Waals surface area contributed by atoms with Gasteiger partial charge in [-0.15, -0.1) is 0 Å². The Morgan fingerprint density at radius 3 is 2.19 bits per heavy atom. The molecule has 1 aromatic carbocycles. The van der Waals surface area contributed by atoms with Gasteiger partial charge in [-0.2, -0.15) is 0 Å². The van der Waals surface area contributed by atoms with E-state index in [2.05, 4.69) is 45.0 Å². The molecule has 0 aromatic heterocycles. The highest BCUT2D eigenvalue weighted by Gasteiger charge is 2.05. The molecular formula is C15H22O. The smallest absolute Gasteiger partial charge is 0.137 e. The van der Waals surface area contributed by atoms with Gasteiger partial charge in [0, 0.05) is 12.8 Å². The lowest BCUT2D eigenvalue weighted by molar-refractivity contribution is -0.118. The van der Waals surface area contributed by atoms with E-state index < -0.39 is 0 Å². The van der Waals surface area contributed by atoms with Crippen molar-refractivity contribution in [3.63, 3.8) is 0 Å². The first-order valence-corrected chi connectivity index (χ1v) is 6.21. The SMILES string of the molecule is CCc1ccc(CC(=O)CCC(C)C)cc1. The third-order valence-electron chi connectivity index (χ3n) is 2.83. The number of hydrogen-bond acceptors (Lipinski definition) is 1. The van der Waals surface area contributed by atoms with E-state index in [1.165, 1.54) is 5.56 Å². The van der Waals surface area contributed by atoms with Gasteiger partial charge in [-0.25, -0.2) is 0 Å². The second-order valence-corrected chi connectivity index (χ2v) is 4.82. The van der Waals surface area contributed by atoms with Crippen molar-refractivity contribution in [1.29, 1.82) is 0 Å². The summed E-state index contributed by atoms with van der Waals surface area (Å²) in [6.07, 6.45) is 3.37. The Morgan fingerprint density at radius 1 is 1.12 bits per heavy atom. The van der Waals surface area contributed by atoms with Gasteiger partial charge in [-0.3, -0.25) is 4.79 Å². The second kappa shape index (κ2) is 6.47. The first kappa shape index (κ1) is 13.0. The van der Waals surface area contributed by atoms with Crippen molar-refractivity contribution in [3.8, 4) is 0 Å². The summed E-state index contributed by atoms with van der Waals surface area (Å²) in [5.41, 5.74) is 2.48. The molecule has 0 bridgehead atoms. The van der Waals surface area contributed by atoms with E-state index in [1.54, 1.807) is 0 Å². The van der Waals surface area contributed by atoms with Crippen LogP contribution in [0, 0.1) is 5.92 Å². The largest absolute Gasteiger partial charge is 0.299 e. The molecule has 0 radical (unpaired) electrons. The van der Waals surface area contributed by atoms with Crippen LogP contribution in [-0.2, 0) is 17.6 Å². The van der Waals surface area contributed by atoms with E-state index in [4.69, 9.17) is 0 Å².